The van der Waals surface area contributed by atoms with Crippen LogP contribution in [0.15, 0.2) is 46.2 Å². The van der Waals surface area contributed by atoms with Crippen LogP contribution in [0.1, 0.15) is 11.1 Å². The molecule has 0 aliphatic carbocycles. The predicted molar refractivity (Wildman–Crippen MR) is 88.8 cm³/mol. The number of aryl methyl sites for hydroxylation is 2. The van der Waals surface area contributed by atoms with Crippen LogP contribution in [-0.4, -0.2) is 27.3 Å². The molecule has 6 N–H and O–H groups in total. The van der Waals surface area contributed by atoms with E-state index in [4.69, 9.17) is 0 Å². The Morgan fingerprint density at radius 3 is 1.18 bits per heavy atom. The summed E-state index contributed by atoms with van der Waals surface area (Å²) in [5.74, 6) is 0. The second-order valence-corrected chi connectivity index (χ2v) is 7.89. The van der Waals surface area contributed by atoms with Gasteiger partial charge in [-0.3, -0.25) is 0 Å². The SMILES string of the molecule is Cc1cccc(S(O)(O)O)c1-c1c(C)cccc1S(O)(O)O. The first-order chi connectivity index (χ1) is 10.0. The number of hydrogen-bond donors (Lipinski definition) is 6. The molecule has 0 aliphatic rings. The van der Waals surface area contributed by atoms with Gasteiger partial charge in [0.05, 0.1) is 9.79 Å². The van der Waals surface area contributed by atoms with Crippen molar-refractivity contribution >= 4 is 21.7 Å². The summed E-state index contributed by atoms with van der Waals surface area (Å²) < 4.78 is 57.9. The molecule has 0 spiro atoms. The third-order valence-electron chi connectivity index (χ3n) is 3.31. The van der Waals surface area contributed by atoms with E-state index in [-0.39, 0.29) is 20.9 Å². The highest BCUT2D eigenvalue weighted by atomic mass is 32.3. The summed E-state index contributed by atoms with van der Waals surface area (Å²) in [6.07, 6.45) is 0. The second-order valence-electron chi connectivity index (χ2n) is 4.93. The molecule has 2 aromatic carbocycles. The molecule has 0 aliphatic heterocycles. The molecule has 0 atom stereocenters. The van der Waals surface area contributed by atoms with Crippen molar-refractivity contribution in [1.82, 2.24) is 0 Å². The quantitative estimate of drug-likeness (QED) is 0.458. The number of rotatable bonds is 3. The fourth-order valence-corrected chi connectivity index (χ4v) is 3.97. The van der Waals surface area contributed by atoms with Gasteiger partial charge in [-0.05, 0) is 37.1 Å². The zero-order valence-electron chi connectivity index (χ0n) is 12.0. The van der Waals surface area contributed by atoms with Crippen molar-refractivity contribution in [2.75, 3.05) is 0 Å². The normalized spacial score (nSPS) is 14.0. The van der Waals surface area contributed by atoms with Crippen LogP contribution in [0.2, 0.25) is 0 Å². The van der Waals surface area contributed by atoms with Crippen molar-refractivity contribution in [2.45, 2.75) is 23.6 Å². The maximum absolute atomic E-state index is 9.65. The standard InChI is InChI=1S/C14H18O6S2/c1-9-5-3-7-11(21(15,16)17)13(9)14-10(2)6-4-8-12(14)22(18,19)20/h3-8,15-20H,1-2H3. The Labute approximate surface area is 131 Å². The molecule has 0 aromatic heterocycles. The number of hydrogen-bond acceptors (Lipinski definition) is 6. The molecule has 8 heteroatoms. The molecule has 0 amide bonds. The topological polar surface area (TPSA) is 121 Å². The highest BCUT2D eigenvalue weighted by molar-refractivity contribution is 8.20. The summed E-state index contributed by atoms with van der Waals surface area (Å²) in [6, 6.07) is 9.15. The van der Waals surface area contributed by atoms with E-state index in [0.717, 1.165) is 0 Å². The Morgan fingerprint density at radius 2 is 0.909 bits per heavy atom. The maximum atomic E-state index is 9.65. The minimum Gasteiger partial charge on any atom is -0.304 e. The lowest BCUT2D eigenvalue weighted by Crippen LogP contribution is -2.05. The summed E-state index contributed by atoms with van der Waals surface area (Å²) in [5.41, 5.74) is 1.69. The summed E-state index contributed by atoms with van der Waals surface area (Å²) in [5, 5.41) is 0. The van der Waals surface area contributed by atoms with Crippen molar-refractivity contribution in [2.24, 2.45) is 0 Å². The van der Waals surface area contributed by atoms with Gasteiger partial charge in [0.15, 0.2) is 0 Å². The van der Waals surface area contributed by atoms with E-state index in [1.807, 2.05) is 0 Å². The maximum Gasteiger partial charge on any atom is 0.113 e. The second kappa shape index (κ2) is 5.84. The Balaban J connectivity index is 2.90. The van der Waals surface area contributed by atoms with Gasteiger partial charge >= 0.3 is 0 Å². The fraction of sp³-hybridized carbons (Fsp3) is 0.143. The van der Waals surface area contributed by atoms with E-state index in [1.54, 1.807) is 38.1 Å². The van der Waals surface area contributed by atoms with Crippen LogP contribution in [0.4, 0.5) is 0 Å². The molecule has 2 rings (SSSR count). The molecule has 0 fully saturated rings. The van der Waals surface area contributed by atoms with Crippen LogP contribution in [0.25, 0.3) is 11.1 Å². The molecule has 22 heavy (non-hydrogen) atoms. The van der Waals surface area contributed by atoms with Gasteiger partial charge in [-0.1, -0.05) is 24.3 Å². The summed E-state index contributed by atoms with van der Waals surface area (Å²) in [6.45, 7) is 3.37. The molecular weight excluding hydrogens is 328 g/mol. The highest BCUT2D eigenvalue weighted by Crippen LogP contribution is 2.55. The fourth-order valence-electron chi connectivity index (χ4n) is 2.38. The first-order valence-electron chi connectivity index (χ1n) is 6.24. The first-order valence-corrected chi connectivity index (χ1v) is 9.25. The molecule has 0 heterocycles. The summed E-state index contributed by atoms with van der Waals surface area (Å²) in [4.78, 5) is -0.265. The average Bonchev–Trinajstić information content (AvgIpc) is 2.36. The van der Waals surface area contributed by atoms with E-state index in [0.29, 0.717) is 11.1 Å². The van der Waals surface area contributed by atoms with E-state index in [1.165, 1.54) is 12.1 Å². The third kappa shape index (κ3) is 3.29. The number of benzene rings is 2. The summed E-state index contributed by atoms with van der Waals surface area (Å²) in [7, 11) is -8.04. The van der Waals surface area contributed by atoms with Crippen LogP contribution in [0.3, 0.4) is 0 Å². The van der Waals surface area contributed by atoms with Crippen molar-refractivity contribution in [3.8, 4) is 11.1 Å². The van der Waals surface area contributed by atoms with Gasteiger partial charge in [-0.25, -0.2) is 0 Å². The average molecular weight is 346 g/mol. The molecule has 122 valence electrons. The van der Waals surface area contributed by atoms with Crippen LogP contribution in [0, 0.1) is 13.8 Å². The summed E-state index contributed by atoms with van der Waals surface area (Å²) >= 11 is 0. The molecular formula is C14H18O6S2. The van der Waals surface area contributed by atoms with Crippen LogP contribution in [0.5, 0.6) is 0 Å². The van der Waals surface area contributed by atoms with Gasteiger partial charge in [0.1, 0.15) is 21.7 Å². The predicted octanol–water partition coefficient (Wildman–Crippen LogP) is 5.14. The molecule has 0 bridgehead atoms. The van der Waals surface area contributed by atoms with Crippen molar-refractivity contribution in [3.63, 3.8) is 0 Å². The minimum atomic E-state index is -4.02. The highest BCUT2D eigenvalue weighted by Gasteiger charge is 2.28. The van der Waals surface area contributed by atoms with E-state index < -0.39 is 21.7 Å². The van der Waals surface area contributed by atoms with Crippen LogP contribution in [-0.2, 0) is 0 Å². The lowest BCUT2D eigenvalue weighted by Gasteiger charge is -2.28. The van der Waals surface area contributed by atoms with E-state index in [2.05, 4.69) is 0 Å². The van der Waals surface area contributed by atoms with Crippen LogP contribution < -0.4 is 0 Å². The van der Waals surface area contributed by atoms with E-state index >= 15 is 0 Å². The van der Waals surface area contributed by atoms with Crippen LogP contribution >= 0.6 is 21.7 Å². The molecule has 0 unspecified atom stereocenters. The molecule has 0 saturated heterocycles. The van der Waals surface area contributed by atoms with Crippen molar-refractivity contribution in [1.29, 1.82) is 0 Å². The first kappa shape index (κ1) is 17.3. The largest absolute Gasteiger partial charge is 0.304 e. The molecule has 2 aromatic rings. The van der Waals surface area contributed by atoms with Gasteiger partial charge in [-0.2, -0.15) is 0 Å². The third-order valence-corrected chi connectivity index (χ3v) is 5.17. The van der Waals surface area contributed by atoms with Gasteiger partial charge in [-0.15, -0.1) is 0 Å². The molecule has 0 radical (unpaired) electrons. The van der Waals surface area contributed by atoms with E-state index in [9.17, 15) is 27.3 Å². The molecule has 6 nitrogen and oxygen atoms in total. The zero-order valence-corrected chi connectivity index (χ0v) is 13.6. The van der Waals surface area contributed by atoms with Crippen molar-refractivity contribution < 1.29 is 27.3 Å². The zero-order chi connectivity index (χ0) is 16.7. The van der Waals surface area contributed by atoms with Gasteiger partial charge < -0.3 is 27.3 Å². The Morgan fingerprint density at radius 1 is 0.591 bits per heavy atom. The Kier molecular flexibility index (Phi) is 4.58. The van der Waals surface area contributed by atoms with Gasteiger partial charge in [0.25, 0.3) is 0 Å². The van der Waals surface area contributed by atoms with Gasteiger partial charge in [0.2, 0.25) is 0 Å². The minimum absolute atomic E-state index is 0.133. The Hall–Kier alpha value is -1.10. The lowest BCUT2D eigenvalue weighted by atomic mass is 9.96. The Bertz CT molecular complexity index is 642. The van der Waals surface area contributed by atoms with Gasteiger partial charge in [0, 0.05) is 11.1 Å². The smallest absolute Gasteiger partial charge is 0.113 e. The van der Waals surface area contributed by atoms with Crippen molar-refractivity contribution in [3.05, 3.63) is 47.5 Å². The lowest BCUT2D eigenvalue weighted by molar-refractivity contribution is 0.373. The molecule has 0 saturated carbocycles. The monoisotopic (exact) mass is 346 g/mol.